The van der Waals surface area contributed by atoms with E-state index in [1.54, 1.807) is 6.07 Å². The number of aryl methyl sites for hydroxylation is 1. The summed E-state index contributed by atoms with van der Waals surface area (Å²) in [5, 5.41) is 0. The highest BCUT2D eigenvalue weighted by molar-refractivity contribution is 5.25. The zero-order valence-electron chi connectivity index (χ0n) is 12.1. The number of halogens is 1. The summed E-state index contributed by atoms with van der Waals surface area (Å²) in [5.74, 6) is 0. The Kier molecular flexibility index (Phi) is 5.31. The molecule has 0 aliphatic carbocycles. The van der Waals surface area contributed by atoms with E-state index in [4.69, 9.17) is 4.74 Å². The molecule has 2 rings (SSSR count). The van der Waals surface area contributed by atoms with Crippen LogP contribution in [0.4, 0.5) is 4.39 Å². The van der Waals surface area contributed by atoms with E-state index < -0.39 is 6.67 Å². The molecule has 106 valence electrons. The Morgan fingerprint density at radius 1 is 1.00 bits per heavy atom. The molecule has 0 aliphatic rings. The Hall–Kier alpha value is -1.67. The zero-order valence-corrected chi connectivity index (χ0v) is 12.1. The number of benzene rings is 2. The van der Waals surface area contributed by atoms with Crippen LogP contribution in [-0.2, 0) is 24.4 Å². The lowest BCUT2D eigenvalue weighted by Gasteiger charge is -2.14. The molecule has 1 atom stereocenters. The van der Waals surface area contributed by atoms with Crippen LogP contribution in [0.1, 0.15) is 42.2 Å². The molecule has 1 nitrogen and oxygen atoms in total. The minimum absolute atomic E-state index is 0.0370. The predicted octanol–water partition coefficient (Wildman–Crippen LogP) is 5.00. The minimum atomic E-state index is -0.429. The SMILES string of the molecule is CCc1ccc(C(C)OCc2cccc(CF)c2)cc1. The smallest absolute Gasteiger partial charge is 0.115 e. The summed E-state index contributed by atoms with van der Waals surface area (Å²) in [6.45, 7) is 4.26. The third kappa shape index (κ3) is 3.91. The Morgan fingerprint density at radius 2 is 1.70 bits per heavy atom. The van der Waals surface area contributed by atoms with Gasteiger partial charge in [-0.3, -0.25) is 0 Å². The van der Waals surface area contributed by atoms with Crippen molar-refractivity contribution in [1.29, 1.82) is 0 Å². The van der Waals surface area contributed by atoms with E-state index in [0.717, 1.165) is 12.0 Å². The summed E-state index contributed by atoms with van der Waals surface area (Å²) >= 11 is 0. The van der Waals surface area contributed by atoms with Gasteiger partial charge in [-0.05, 0) is 35.6 Å². The van der Waals surface area contributed by atoms with Crippen molar-refractivity contribution < 1.29 is 9.13 Å². The van der Waals surface area contributed by atoms with Crippen LogP contribution in [0.2, 0.25) is 0 Å². The van der Waals surface area contributed by atoms with E-state index >= 15 is 0 Å². The summed E-state index contributed by atoms with van der Waals surface area (Å²) in [6, 6.07) is 16.0. The molecule has 0 saturated carbocycles. The molecule has 0 amide bonds. The van der Waals surface area contributed by atoms with Crippen LogP contribution in [0, 0.1) is 0 Å². The highest BCUT2D eigenvalue weighted by Crippen LogP contribution is 2.19. The molecule has 0 radical (unpaired) electrons. The Labute approximate surface area is 120 Å². The van der Waals surface area contributed by atoms with Gasteiger partial charge in [-0.1, -0.05) is 55.5 Å². The Balaban J connectivity index is 1.95. The molecule has 0 aromatic heterocycles. The van der Waals surface area contributed by atoms with E-state index in [2.05, 4.69) is 31.2 Å². The molecule has 0 spiro atoms. The maximum Gasteiger partial charge on any atom is 0.115 e. The highest BCUT2D eigenvalue weighted by atomic mass is 19.1. The van der Waals surface area contributed by atoms with E-state index in [1.807, 2.05) is 25.1 Å². The van der Waals surface area contributed by atoms with Gasteiger partial charge in [0.2, 0.25) is 0 Å². The van der Waals surface area contributed by atoms with Crippen LogP contribution in [0.25, 0.3) is 0 Å². The van der Waals surface area contributed by atoms with Crippen LogP contribution in [0.15, 0.2) is 48.5 Å². The fraction of sp³-hybridized carbons (Fsp3) is 0.333. The number of ether oxygens (including phenoxy) is 1. The maximum absolute atomic E-state index is 12.6. The molecule has 0 fully saturated rings. The van der Waals surface area contributed by atoms with Gasteiger partial charge < -0.3 is 4.74 Å². The highest BCUT2D eigenvalue weighted by Gasteiger charge is 2.06. The first-order valence-electron chi connectivity index (χ1n) is 7.07. The molecular weight excluding hydrogens is 251 g/mol. The van der Waals surface area contributed by atoms with Gasteiger partial charge in [-0.25, -0.2) is 4.39 Å². The Morgan fingerprint density at radius 3 is 2.35 bits per heavy atom. The van der Waals surface area contributed by atoms with Gasteiger partial charge in [0.25, 0.3) is 0 Å². The number of alkyl halides is 1. The number of rotatable bonds is 6. The fourth-order valence-corrected chi connectivity index (χ4v) is 2.14. The molecule has 0 N–H and O–H groups in total. The first-order chi connectivity index (χ1) is 9.72. The molecule has 0 aliphatic heterocycles. The van der Waals surface area contributed by atoms with E-state index in [1.165, 1.54) is 11.1 Å². The van der Waals surface area contributed by atoms with Crippen molar-refractivity contribution in [2.24, 2.45) is 0 Å². The van der Waals surface area contributed by atoms with Crippen molar-refractivity contribution in [2.45, 2.75) is 39.7 Å². The molecule has 0 heterocycles. The first kappa shape index (κ1) is 14.7. The zero-order chi connectivity index (χ0) is 14.4. The molecular formula is C18H21FO. The van der Waals surface area contributed by atoms with Crippen LogP contribution in [0.5, 0.6) is 0 Å². The Bertz CT molecular complexity index is 533. The summed E-state index contributed by atoms with van der Waals surface area (Å²) in [7, 11) is 0. The molecule has 1 unspecified atom stereocenters. The van der Waals surface area contributed by atoms with Gasteiger partial charge in [0.15, 0.2) is 0 Å². The lowest BCUT2D eigenvalue weighted by molar-refractivity contribution is 0.0525. The van der Waals surface area contributed by atoms with Gasteiger partial charge in [0, 0.05) is 0 Å². The summed E-state index contributed by atoms with van der Waals surface area (Å²) in [4.78, 5) is 0. The quantitative estimate of drug-likeness (QED) is 0.719. The molecule has 2 heteroatoms. The third-order valence-corrected chi connectivity index (χ3v) is 3.50. The topological polar surface area (TPSA) is 9.23 Å². The van der Waals surface area contributed by atoms with Gasteiger partial charge >= 0.3 is 0 Å². The molecule has 0 bridgehead atoms. The number of hydrogen-bond donors (Lipinski definition) is 0. The van der Waals surface area contributed by atoms with Gasteiger partial charge in [-0.2, -0.15) is 0 Å². The fourth-order valence-electron chi connectivity index (χ4n) is 2.14. The minimum Gasteiger partial charge on any atom is -0.369 e. The van der Waals surface area contributed by atoms with Crippen molar-refractivity contribution in [3.05, 3.63) is 70.8 Å². The number of hydrogen-bond acceptors (Lipinski definition) is 1. The van der Waals surface area contributed by atoms with Crippen molar-refractivity contribution in [2.75, 3.05) is 0 Å². The average Bonchev–Trinajstić information content (AvgIpc) is 2.53. The largest absolute Gasteiger partial charge is 0.369 e. The standard InChI is InChI=1S/C18H21FO/c1-3-15-7-9-18(10-8-15)14(2)20-13-17-6-4-5-16(11-17)12-19/h4-11,14H,3,12-13H2,1-2H3. The summed E-state index contributed by atoms with van der Waals surface area (Å²) in [5.41, 5.74) is 4.21. The first-order valence-corrected chi connectivity index (χ1v) is 7.07. The molecule has 2 aromatic rings. The third-order valence-electron chi connectivity index (χ3n) is 3.50. The van der Waals surface area contributed by atoms with Crippen molar-refractivity contribution in [3.8, 4) is 0 Å². The maximum atomic E-state index is 12.6. The predicted molar refractivity (Wildman–Crippen MR) is 80.3 cm³/mol. The lowest BCUT2D eigenvalue weighted by Crippen LogP contribution is -2.01. The van der Waals surface area contributed by atoms with Crippen LogP contribution in [-0.4, -0.2) is 0 Å². The second-order valence-corrected chi connectivity index (χ2v) is 5.00. The van der Waals surface area contributed by atoms with E-state index in [-0.39, 0.29) is 6.10 Å². The van der Waals surface area contributed by atoms with E-state index in [9.17, 15) is 4.39 Å². The molecule has 2 aromatic carbocycles. The second-order valence-electron chi connectivity index (χ2n) is 5.00. The van der Waals surface area contributed by atoms with Crippen LogP contribution >= 0.6 is 0 Å². The molecule has 0 saturated heterocycles. The summed E-state index contributed by atoms with van der Waals surface area (Å²) in [6.07, 6.45) is 1.08. The van der Waals surface area contributed by atoms with Crippen molar-refractivity contribution >= 4 is 0 Å². The van der Waals surface area contributed by atoms with Crippen LogP contribution in [0.3, 0.4) is 0 Å². The van der Waals surface area contributed by atoms with Gasteiger partial charge in [-0.15, -0.1) is 0 Å². The normalized spacial score (nSPS) is 12.3. The van der Waals surface area contributed by atoms with Crippen molar-refractivity contribution in [1.82, 2.24) is 0 Å². The van der Waals surface area contributed by atoms with E-state index in [0.29, 0.717) is 12.2 Å². The van der Waals surface area contributed by atoms with Gasteiger partial charge in [0.1, 0.15) is 6.67 Å². The average molecular weight is 272 g/mol. The van der Waals surface area contributed by atoms with Crippen molar-refractivity contribution in [3.63, 3.8) is 0 Å². The lowest BCUT2D eigenvalue weighted by atomic mass is 10.1. The second kappa shape index (κ2) is 7.20. The summed E-state index contributed by atoms with van der Waals surface area (Å²) < 4.78 is 18.5. The monoisotopic (exact) mass is 272 g/mol. The van der Waals surface area contributed by atoms with Gasteiger partial charge in [0.05, 0.1) is 12.7 Å². The molecule has 20 heavy (non-hydrogen) atoms. The van der Waals surface area contributed by atoms with Crippen LogP contribution < -0.4 is 0 Å².